The van der Waals surface area contributed by atoms with Crippen LogP contribution in [0, 0.1) is 5.82 Å². The Labute approximate surface area is 108 Å². The van der Waals surface area contributed by atoms with Gasteiger partial charge in [-0.2, -0.15) is 5.10 Å². The standard InChI is InChI=1S/C10H9ClFN3O2S/c1-15-10(13-6-14-15)18(16,17)5-7-2-3-8(12)4-9(7)11/h2-4,6H,5H2,1H3. The Morgan fingerprint density at radius 3 is 2.72 bits per heavy atom. The minimum Gasteiger partial charge on any atom is -0.240 e. The van der Waals surface area contributed by atoms with Crippen LogP contribution in [0.5, 0.6) is 0 Å². The SMILES string of the molecule is Cn1ncnc1S(=O)(=O)Cc1ccc(F)cc1Cl. The molecule has 0 bridgehead atoms. The van der Waals surface area contributed by atoms with E-state index in [4.69, 9.17) is 11.6 Å². The van der Waals surface area contributed by atoms with Crippen LogP contribution >= 0.6 is 11.6 Å². The van der Waals surface area contributed by atoms with Crippen molar-refractivity contribution in [3.63, 3.8) is 0 Å². The number of halogens is 2. The van der Waals surface area contributed by atoms with Crippen molar-refractivity contribution in [3.8, 4) is 0 Å². The summed E-state index contributed by atoms with van der Waals surface area (Å²) >= 11 is 5.79. The summed E-state index contributed by atoms with van der Waals surface area (Å²) in [4.78, 5) is 3.68. The first-order chi connectivity index (χ1) is 8.40. The second-order valence-corrected chi connectivity index (χ2v) is 5.95. The summed E-state index contributed by atoms with van der Waals surface area (Å²) in [6.45, 7) is 0. The number of nitrogens with zero attached hydrogens (tertiary/aromatic N) is 3. The van der Waals surface area contributed by atoms with Crippen LogP contribution in [0.3, 0.4) is 0 Å². The van der Waals surface area contributed by atoms with E-state index in [0.717, 1.165) is 23.1 Å². The van der Waals surface area contributed by atoms with Crippen molar-refractivity contribution in [2.24, 2.45) is 7.05 Å². The van der Waals surface area contributed by atoms with Crippen LogP contribution in [0.4, 0.5) is 4.39 Å². The minimum atomic E-state index is -3.65. The Hall–Kier alpha value is -1.47. The Morgan fingerprint density at radius 1 is 1.44 bits per heavy atom. The third kappa shape index (κ3) is 2.51. The second kappa shape index (κ2) is 4.66. The molecule has 0 N–H and O–H groups in total. The quantitative estimate of drug-likeness (QED) is 0.860. The molecule has 2 rings (SSSR count). The molecular weight excluding hydrogens is 281 g/mol. The number of sulfone groups is 1. The van der Waals surface area contributed by atoms with Gasteiger partial charge in [0.15, 0.2) is 0 Å². The molecule has 2 aromatic rings. The van der Waals surface area contributed by atoms with Gasteiger partial charge in [0.2, 0.25) is 15.0 Å². The molecule has 0 amide bonds. The van der Waals surface area contributed by atoms with Crippen molar-refractivity contribution < 1.29 is 12.8 Å². The third-order valence-corrected chi connectivity index (χ3v) is 4.28. The average molecular weight is 290 g/mol. The predicted octanol–water partition coefficient (Wildman–Crippen LogP) is 1.58. The molecule has 0 fully saturated rings. The van der Waals surface area contributed by atoms with Gasteiger partial charge in [0.05, 0.1) is 5.75 Å². The zero-order valence-electron chi connectivity index (χ0n) is 9.34. The Bertz CT molecular complexity index is 684. The van der Waals surface area contributed by atoms with Crippen LogP contribution in [0.15, 0.2) is 29.7 Å². The predicted molar refractivity (Wildman–Crippen MR) is 63.3 cm³/mol. The molecule has 1 heterocycles. The fourth-order valence-corrected chi connectivity index (χ4v) is 3.24. The van der Waals surface area contributed by atoms with E-state index in [9.17, 15) is 12.8 Å². The maximum atomic E-state index is 12.9. The van der Waals surface area contributed by atoms with Crippen molar-refractivity contribution >= 4 is 21.4 Å². The molecule has 1 aromatic carbocycles. The summed E-state index contributed by atoms with van der Waals surface area (Å²) < 4.78 is 38.1. The number of aromatic nitrogens is 3. The van der Waals surface area contributed by atoms with Crippen LogP contribution in [-0.4, -0.2) is 23.2 Å². The molecule has 96 valence electrons. The largest absolute Gasteiger partial charge is 0.245 e. The molecule has 0 aliphatic carbocycles. The molecule has 1 aromatic heterocycles. The molecule has 0 atom stereocenters. The number of hydrogen-bond donors (Lipinski definition) is 0. The summed E-state index contributed by atoms with van der Waals surface area (Å²) in [6.07, 6.45) is 1.15. The van der Waals surface area contributed by atoms with Gasteiger partial charge in [-0.3, -0.25) is 0 Å². The number of benzene rings is 1. The molecule has 0 saturated heterocycles. The number of hydrogen-bond acceptors (Lipinski definition) is 4. The normalized spacial score (nSPS) is 11.7. The number of rotatable bonds is 3. The topological polar surface area (TPSA) is 64.8 Å². The monoisotopic (exact) mass is 289 g/mol. The summed E-state index contributed by atoms with van der Waals surface area (Å²) in [7, 11) is -2.18. The first kappa shape index (κ1) is 13.0. The van der Waals surface area contributed by atoms with Gasteiger partial charge in [-0.25, -0.2) is 22.5 Å². The summed E-state index contributed by atoms with van der Waals surface area (Å²) in [5.41, 5.74) is 0.320. The molecule has 0 spiro atoms. The lowest BCUT2D eigenvalue weighted by Crippen LogP contribution is -2.12. The van der Waals surface area contributed by atoms with Crippen molar-refractivity contribution in [1.29, 1.82) is 0 Å². The van der Waals surface area contributed by atoms with Crippen molar-refractivity contribution in [2.45, 2.75) is 10.9 Å². The summed E-state index contributed by atoms with van der Waals surface area (Å²) in [6, 6.07) is 3.57. The highest BCUT2D eigenvalue weighted by molar-refractivity contribution is 7.90. The molecule has 0 saturated carbocycles. The lowest BCUT2D eigenvalue weighted by molar-refractivity contribution is 0.568. The molecule has 0 aliphatic rings. The Morgan fingerprint density at radius 2 is 2.17 bits per heavy atom. The summed E-state index contributed by atoms with van der Waals surface area (Å²) in [5.74, 6) is -0.863. The van der Waals surface area contributed by atoms with E-state index in [1.807, 2.05) is 0 Å². The lowest BCUT2D eigenvalue weighted by atomic mass is 10.2. The van der Waals surface area contributed by atoms with Crippen LogP contribution in [0.25, 0.3) is 0 Å². The van der Waals surface area contributed by atoms with Gasteiger partial charge in [0, 0.05) is 12.1 Å². The van der Waals surface area contributed by atoms with E-state index in [1.165, 1.54) is 13.1 Å². The minimum absolute atomic E-state index is 0.0701. The van der Waals surface area contributed by atoms with E-state index in [-0.39, 0.29) is 15.9 Å². The molecule has 0 unspecified atom stereocenters. The fourth-order valence-electron chi connectivity index (χ4n) is 1.48. The van der Waals surface area contributed by atoms with Gasteiger partial charge in [0.25, 0.3) is 0 Å². The van der Waals surface area contributed by atoms with Crippen molar-refractivity contribution in [1.82, 2.24) is 14.8 Å². The van der Waals surface area contributed by atoms with Gasteiger partial charge < -0.3 is 0 Å². The van der Waals surface area contributed by atoms with E-state index in [2.05, 4.69) is 10.1 Å². The molecule has 8 heteroatoms. The van der Waals surface area contributed by atoms with Gasteiger partial charge >= 0.3 is 0 Å². The molecule has 5 nitrogen and oxygen atoms in total. The van der Waals surface area contributed by atoms with Gasteiger partial charge in [-0.05, 0) is 17.7 Å². The van der Waals surface area contributed by atoms with E-state index >= 15 is 0 Å². The van der Waals surface area contributed by atoms with Gasteiger partial charge in [0.1, 0.15) is 12.1 Å². The van der Waals surface area contributed by atoms with Crippen molar-refractivity contribution in [2.75, 3.05) is 0 Å². The van der Waals surface area contributed by atoms with E-state index < -0.39 is 15.7 Å². The maximum Gasteiger partial charge on any atom is 0.245 e. The Kier molecular flexibility index (Phi) is 3.36. The second-order valence-electron chi connectivity index (χ2n) is 3.66. The highest BCUT2D eigenvalue weighted by Crippen LogP contribution is 2.21. The average Bonchev–Trinajstić information content (AvgIpc) is 2.69. The van der Waals surface area contributed by atoms with E-state index in [0.29, 0.717) is 5.56 Å². The smallest absolute Gasteiger partial charge is 0.240 e. The molecule has 18 heavy (non-hydrogen) atoms. The van der Waals surface area contributed by atoms with Crippen LogP contribution < -0.4 is 0 Å². The lowest BCUT2D eigenvalue weighted by Gasteiger charge is -2.05. The van der Waals surface area contributed by atoms with Crippen LogP contribution in [0.1, 0.15) is 5.56 Å². The Balaban J connectivity index is 2.37. The first-order valence-electron chi connectivity index (χ1n) is 4.91. The van der Waals surface area contributed by atoms with Gasteiger partial charge in [-0.1, -0.05) is 17.7 Å². The zero-order valence-corrected chi connectivity index (χ0v) is 10.9. The first-order valence-corrected chi connectivity index (χ1v) is 6.94. The highest BCUT2D eigenvalue weighted by atomic mass is 35.5. The van der Waals surface area contributed by atoms with Crippen molar-refractivity contribution in [3.05, 3.63) is 40.9 Å². The van der Waals surface area contributed by atoms with Crippen LogP contribution in [0.2, 0.25) is 5.02 Å². The highest BCUT2D eigenvalue weighted by Gasteiger charge is 2.22. The van der Waals surface area contributed by atoms with E-state index in [1.54, 1.807) is 0 Å². The third-order valence-electron chi connectivity index (χ3n) is 2.31. The fraction of sp³-hybridized carbons (Fsp3) is 0.200. The number of aryl methyl sites for hydroxylation is 1. The molecule has 0 radical (unpaired) electrons. The maximum absolute atomic E-state index is 12.9. The summed E-state index contributed by atoms with van der Waals surface area (Å²) in [5, 5.41) is 3.61. The van der Waals surface area contributed by atoms with Crippen LogP contribution in [-0.2, 0) is 22.6 Å². The molecule has 0 aliphatic heterocycles. The van der Waals surface area contributed by atoms with Gasteiger partial charge in [-0.15, -0.1) is 0 Å². The molecular formula is C10H9ClFN3O2S. The zero-order chi connectivity index (χ0) is 13.3.